The number of primary amides is 1. The monoisotopic (exact) mass is 239 g/mol. The smallest absolute Gasteiger partial charge is 0.234 e. The van der Waals surface area contributed by atoms with Gasteiger partial charge in [0.1, 0.15) is 0 Å². The summed E-state index contributed by atoms with van der Waals surface area (Å²) in [5.74, 6) is 0.456. The Hall–Kier alpha value is -0.610. The largest absolute Gasteiger partial charge is 0.368 e. The third-order valence-corrected chi connectivity index (χ3v) is 4.35. The number of piperidine rings is 1. The van der Waals surface area contributed by atoms with Crippen LogP contribution in [0.4, 0.5) is 0 Å². The first kappa shape index (κ1) is 12.8. The third-order valence-electron chi connectivity index (χ3n) is 4.35. The van der Waals surface area contributed by atoms with Crippen LogP contribution in [0.3, 0.4) is 0 Å². The second kappa shape index (κ2) is 4.25. The number of hydrogen-bond donors (Lipinski definition) is 2. The number of nitrogens with one attached hydrogen (secondary N) is 1. The van der Waals surface area contributed by atoms with Gasteiger partial charge in [-0.25, -0.2) is 0 Å². The fourth-order valence-electron chi connectivity index (χ4n) is 3.27. The average molecular weight is 239 g/mol. The molecule has 2 aliphatic rings. The second-order valence-electron chi connectivity index (χ2n) is 6.25. The summed E-state index contributed by atoms with van der Waals surface area (Å²) in [6, 6.07) is 0.982. The van der Waals surface area contributed by atoms with Crippen LogP contribution in [0.15, 0.2) is 0 Å². The Labute approximate surface area is 104 Å². The first-order valence-electron chi connectivity index (χ1n) is 6.68. The van der Waals surface area contributed by atoms with Gasteiger partial charge in [0.05, 0.1) is 6.04 Å². The summed E-state index contributed by atoms with van der Waals surface area (Å²) < 4.78 is 0. The Morgan fingerprint density at radius 2 is 2.00 bits per heavy atom. The fourth-order valence-corrected chi connectivity index (χ4v) is 3.27. The molecule has 0 aromatic rings. The number of amides is 1. The summed E-state index contributed by atoms with van der Waals surface area (Å²) in [5.41, 5.74) is 5.55. The summed E-state index contributed by atoms with van der Waals surface area (Å²) in [6.07, 6.45) is 2.13. The van der Waals surface area contributed by atoms with E-state index in [2.05, 4.69) is 37.9 Å². The molecule has 3 N–H and O–H groups in total. The van der Waals surface area contributed by atoms with Gasteiger partial charge in [-0.1, -0.05) is 0 Å². The Balaban J connectivity index is 1.98. The number of nitrogens with zero attached hydrogens (tertiary/aromatic N) is 1. The van der Waals surface area contributed by atoms with E-state index in [1.807, 2.05) is 0 Å². The van der Waals surface area contributed by atoms with E-state index in [4.69, 9.17) is 5.73 Å². The number of carbonyl (C=O) groups is 1. The lowest BCUT2D eigenvalue weighted by Gasteiger charge is -2.34. The standard InChI is InChI=1S/C13H25N3O/c1-8(2)16(9(3)4)7-13-6-10(13)5-11(15-13)12(14)17/h8-11,15H,5-7H2,1-4H3,(H2,14,17). The van der Waals surface area contributed by atoms with Gasteiger partial charge >= 0.3 is 0 Å². The molecule has 0 bridgehead atoms. The van der Waals surface area contributed by atoms with Gasteiger partial charge in [-0.2, -0.15) is 0 Å². The number of nitrogens with two attached hydrogens (primary N) is 1. The Morgan fingerprint density at radius 1 is 1.41 bits per heavy atom. The van der Waals surface area contributed by atoms with E-state index in [-0.39, 0.29) is 17.5 Å². The van der Waals surface area contributed by atoms with Crippen LogP contribution < -0.4 is 11.1 Å². The molecular weight excluding hydrogens is 214 g/mol. The predicted octanol–water partition coefficient (Wildman–Crippen LogP) is 0.711. The van der Waals surface area contributed by atoms with Crippen molar-refractivity contribution in [2.24, 2.45) is 11.7 Å². The maximum Gasteiger partial charge on any atom is 0.234 e. The molecule has 1 heterocycles. The summed E-state index contributed by atoms with van der Waals surface area (Å²) in [5, 5.41) is 3.46. The minimum atomic E-state index is -0.197. The van der Waals surface area contributed by atoms with Crippen molar-refractivity contribution in [1.82, 2.24) is 10.2 Å². The molecule has 4 nitrogen and oxygen atoms in total. The topological polar surface area (TPSA) is 58.4 Å². The van der Waals surface area contributed by atoms with Crippen molar-refractivity contribution in [2.45, 2.75) is 64.2 Å². The lowest BCUT2D eigenvalue weighted by Crippen LogP contribution is -2.51. The molecule has 2 fully saturated rings. The Kier molecular flexibility index (Phi) is 3.21. The molecule has 0 aromatic carbocycles. The highest BCUT2D eigenvalue weighted by Crippen LogP contribution is 2.52. The highest BCUT2D eigenvalue weighted by Gasteiger charge is 2.61. The van der Waals surface area contributed by atoms with Crippen LogP contribution in [0.25, 0.3) is 0 Å². The zero-order valence-electron chi connectivity index (χ0n) is 11.4. The van der Waals surface area contributed by atoms with Crippen molar-refractivity contribution in [3.8, 4) is 0 Å². The van der Waals surface area contributed by atoms with Crippen molar-refractivity contribution in [1.29, 1.82) is 0 Å². The number of rotatable bonds is 5. The molecule has 2 rings (SSSR count). The van der Waals surface area contributed by atoms with Gasteiger partial charge in [0.2, 0.25) is 5.91 Å². The van der Waals surface area contributed by atoms with Crippen LogP contribution in [0.1, 0.15) is 40.5 Å². The van der Waals surface area contributed by atoms with Crippen molar-refractivity contribution in [3.05, 3.63) is 0 Å². The third kappa shape index (κ3) is 2.33. The molecule has 1 amide bonds. The summed E-state index contributed by atoms with van der Waals surface area (Å²) in [6.45, 7) is 9.96. The minimum absolute atomic E-state index is 0.102. The van der Waals surface area contributed by atoms with Crippen molar-refractivity contribution >= 4 is 5.91 Å². The zero-order chi connectivity index (χ0) is 12.8. The van der Waals surface area contributed by atoms with Gasteiger partial charge in [0.15, 0.2) is 0 Å². The lowest BCUT2D eigenvalue weighted by molar-refractivity contribution is -0.120. The van der Waals surface area contributed by atoms with Crippen LogP contribution in [0.5, 0.6) is 0 Å². The normalized spacial score (nSPS) is 35.7. The first-order valence-corrected chi connectivity index (χ1v) is 6.68. The molecule has 0 spiro atoms. The molecule has 3 unspecified atom stereocenters. The lowest BCUT2D eigenvalue weighted by atomic mass is 10.1. The van der Waals surface area contributed by atoms with E-state index in [1.165, 1.54) is 6.42 Å². The van der Waals surface area contributed by atoms with Crippen LogP contribution in [0, 0.1) is 5.92 Å². The van der Waals surface area contributed by atoms with Crippen molar-refractivity contribution < 1.29 is 4.79 Å². The summed E-state index contributed by atoms with van der Waals surface area (Å²) >= 11 is 0. The van der Waals surface area contributed by atoms with E-state index in [9.17, 15) is 4.79 Å². The van der Waals surface area contributed by atoms with Crippen LogP contribution in [-0.4, -0.2) is 41.0 Å². The van der Waals surface area contributed by atoms with E-state index < -0.39 is 0 Å². The van der Waals surface area contributed by atoms with Crippen LogP contribution in [-0.2, 0) is 4.79 Å². The SMILES string of the molecule is CC(C)N(CC12CC1CC(C(N)=O)N2)C(C)C. The second-order valence-corrected chi connectivity index (χ2v) is 6.25. The number of fused-ring (bicyclic) bond motifs is 1. The molecule has 98 valence electrons. The molecular formula is C13H25N3O. The van der Waals surface area contributed by atoms with Gasteiger partial charge in [0.25, 0.3) is 0 Å². The molecule has 17 heavy (non-hydrogen) atoms. The highest BCUT2D eigenvalue weighted by molar-refractivity contribution is 5.80. The molecule has 1 aliphatic carbocycles. The van der Waals surface area contributed by atoms with Gasteiger partial charge in [0, 0.05) is 24.2 Å². The van der Waals surface area contributed by atoms with Gasteiger partial charge in [-0.15, -0.1) is 0 Å². The van der Waals surface area contributed by atoms with Gasteiger partial charge in [-0.05, 0) is 46.5 Å². The number of hydrogen-bond acceptors (Lipinski definition) is 3. The van der Waals surface area contributed by atoms with Gasteiger partial charge < -0.3 is 5.73 Å². The molecule has 1 aliphatic heterocycles. The maximum absolute atomic E-state index is 11.2. The number of carbonyl (C=O) groups excluding carboxylic acids is 1. The van der Waals surface area contributed by atoms with Crippen molar-refractivity contribution in [2.75, 3.05) is 6.54 Å². The molecule has 1 saturated heterocycles. The quantitative estimate of drug-likeness (QED) is 0.743. The van der Waals surface area contributed by atoms with E-state index in [1.54, 1.807) is 0 Å². The molecule has 0 radical (unpaired) electrons. The Bertz CT molecular complexity index is 308. The highest BCUT2D eigenvalue weighted by atomic mass is 16.1. The predicted molar refractivity (Wildman–Crippen MR) is 68.6 cm³/mol. The van der Waals surface area contributed by atoms with E-state index in [0.717, 1.165) is 13.0 Å². The summed E-state index contributed by atoms with van der Waals surface area (Å²) in [7, 11) is 0. The van der Waals surface area contributed by atoms with Crippen LogP contribution >= 0.6 is 0 Å². The summed E-state index contributed by atoms with van der Waals surface area (Å²) in [4.78, 5) is 13.7. The molecule has 3 atom stereocenters. The average Bonchev–Trinajstić information content (AvgIpc) is 2.76. The van der Waals surface area contributed by atoms with Crippen molar-refractivity contribution in [3.63, 3.8) is 0 Å². The Morgan fingerprint density at radius 3 is 2.41 bits per heavy atom. The fraction of sp³-hybridized carbons (Fsp3) is 0.923. The van der Waals surface area contributed by atoms with E-state index >= 15 is 0 Å². The molecule has 4 heteroatoms. The molecule has 1 saturated carbocycles. The first-order chi connectivity index (χ1) is 7.85. The molecule has 0 aromatic heterocycles. The zero-order valence-corrected chi connectivity index (χ0v) is 11.4. The van der Waals surface area contributed by atoms with Gasteiger partial charge in [-0.3, -0.25) is 15.0 Å². The maximum atomic E-state index is 11.2. The minimum Gasteiger partial charge on any atom is -0.368 e. The van der Waals surface area contributed by atoms with E-state index in [0.29, 0.717) is 18.0 Å². The van der Waals surface area contributed by atoms with Crippen LogP contribution in [0.2, 0.25) is 0 Å².